The van der Waals surface area contributed by atoms with E-state index in [9.17, 15) is 49.1 Å². The molecule has 0 saturated heterocycles. The first-order valence-electron chi connectivity index (χ1n) is 14.0. The number of phenolic OH excluding ortho intramolecular Hbond substituents is 4. The first-order valence-corrected chi connectivity index (χ1v) is 15.4. The van der Waals surface area contributed by atoms with E-state index in [1.165, 1.54) is 24.3 Å². The van der Waals surface area contributed by atoms with E-state index in [2.05, 4.69) is 20.5 Å². The molecule has 0 bridgehead atoms. The van der Waals surface area contributed by atoms with Gasteiger partial charge in [-0.3, -0.25) is 24.8 Å². The van der Waals surface area contributed by atoms with Crippen LogP contribution >= 0.6 is 0 Å². The molecule has 0 aromatic heterocycles. The molecule has 53 heavy (non-hydrogen) atoms. The number of hydrogen-bond acceptors (Lipinski definition) is 14. The fraction of sp³-hybridized carbons (Fsp3) is 0. The van der Waals surface area contributed by atoms with Crippen LogP contribution in [0.1, 0.15) is 0 Å². The summed E-state index contributed by atoms with van der Waals surface area (Å²) < 4.78 is 31.8. The van der Waals surface area contributed by atoms with Gasteiger partial charge in [0.2, 0.25) is 0 Å². The molecule has 5 N–H and O–H groups in total. The van der Waals surface area contributed by atoms with Gasteiger partial charge in [0.1, 0.15) is 44.9 Å². The van der Waals surface area contributed by atoms with Crippen molar-refractivity contribution in [1.82, 2.24) is 0 Å². The maximum Gasteiger partial charge on any atom is 1.00 e. The molecular weight excluding hydrogens is 774 g/mol. The van der Waals surface area contributed by atoms with Crippen LogP contribution in [0.5, 0.6) is 23.0 Å². The molecular formula is C32H22CrN6Na2O11S+2. The van der Waals surface area contributed by atoms with Gasteiger partial charge in [-0.15, -0.1) is 20.5 Å². The number of aromatic hydroxyl groups is 4. The summed E-state index contributed by atoms with van der Waals surface area (Å²) in [7, 11) is -4.94. The van der Waals surface area contributed by atoms with Crippen LogP contribution in [-0.2, 0) is 27.5 Å². The van der Waals surface area contributed by atoms with Gasteiger partial charge in [-0.1, -0.05) is 60.7 Å². The van der Waals surface area contributed by atoms with Crippen LogP contribution in [0, 0.1) is 20.2 Å². The summed E-state index contributed by atoms with van der Waals surface area (Å²) in [4.78, 5) is 19.0. The van der Waals surface area contributed by atoms with E-state index >= 15 is 0 Å². The number of rotatable bonds is 7. The van der Waals surface area contributed by atoms with Crippen LogP contribution in [0.15, 0.2) is 128 Å². The number of nitrogens with zero attached hydrogens (tertiary/aromatic N) is 6. The van der Waals surface area contributed by atoms with Crippen LogP contribution < -0.4 is 59.1 Å². The Bertz CT molecular complexity index is 2510. The molecule has 0 unspecified atom stereocenters. The molecule has 6 aromatic carbocycles. The zero-order chi connectivity index (χ0) is 36.2. The number of azo groups is 2. The van der Waals surface area contributed by atoms with Gasteiger partial charge in [0.25, 0.3) is 21.5 Å². The van der Waals surface area contributed by atoms with Gasteiger partial charge in [0.15, 0.2) is 5.75 Å². The molecule has 0 spiro atoms. The molecule has 0 aliphatic carbocycles. The fourth-order valence-electron chi connectivity index (χ4n) is 4.57. The molecule has 0 atom stereocenters. The molecule has 6 rings (SSSR count). The molecule has 0 fully saturated rings. The van der Waals surface area contributed by atoms with Crippen LogP contribution in [-0.4, -0.2) is 43.2 Å². The molecule has 0 aliphatic rings. The zero-order valence-electron chi connectivity index (χ0n) is 27.5. The largest absolute Gasteiger partial charge is 1.00 e. The van der Waals surface area contributed by atoms with E-state index < -0.39 is 42.0 Å². The molecule has 6 aromatic rings. The number of fused-ring (bicyclic) bond motifs is 2. The molecule has 0 radical (unpaired) electrons. The maximum absolute atomic E-state index is 11.3. The molecule has 258 valence electrons. The summed E-state index contributed by atoms with van der Waals surface area (Å²) in [5, 5.41) is 79.5. The summed E-state index contributed by atoms with van der Waals surface area (Å²) >= 11 is 0. The summed E-state index contributed by atoms with van der Waals surface area (Å²) in [5.74, 6) is -1.65. The summed E-state index contributed by atoms with van der Waals surface area (Å²) in [6.45, 7) is 0. The van der Waals surface area contributed by atoms with Crippen molar-refractivity contribution in [1.29, 1.82) is 0 Å². The predicted molar refractivity (Wildman–Crippen MR) is 179 cm³/mol. The summed E-state index contributed by atoms with van der Waals surface area (Å²) in [5.41, 5.74) is -1.17. The third kappa shape index (κ3) is 10.6. The van der Waals surface area contributed by atoms with Crippen LogP contribution in [0.3, 0.4) is 0 Å². The average molecular weight is 797 g/mol. The van der Waals surface area contributed by atoms with Gasteiger partial charge in [-0.25, -0.2) is 0 Å². The number of nitro benzene ring substituents is 2. The van der Waals surface area contributed by atoms with Crippen LogP contribution in [0.2, 0.25) is 0 Å². The van der Waals surface area contributed by atoms with E-state index in [0.717, 1.165) is 22.9 Å². The van der Waals surface area contributed by atoms with E-state index in [1.807, 2.05) is 18.2 Å². The Balaban J connectivity index is 0.000000351. The quantitative estimate of drug-likeness (QED) is 0.0515. The molecule has 0 heterocycles. The van der Waals surface area contributed by atoms with E-state index in [-0.39, 0.29) is 116 Å². The van der Waals surface area contributed by atoms with Crippen LogP contribution in [0.25, 0.3) is 21.5 Å². The Morgan fingerprint density at radius 3 is 1.47 bits per heavy atom. The van der Waals surface area contributed by atoms with Gasteiger partial charge in [0.05, 0.1) is 15.9 Å². The molecule has 0 amide bonds. The number of benzene rings is 6. The van der Waals surface area contributed by atoms with Crippen molar-refractivity contribution in [3.8, 4) is 23.0 Å². The smallest absolute Gasteiger partial charge is 0.506 e. The van der Waals surface area contributed by atoms with Crippen molar-refractivity contribution in [2.45, 2.75) is 4.90 Å². The standard InChI is InChI=1S/C16H11N3O7S.C16H11N3O4.Cr.2Na/c20-13-6-5-9-3-1-2-4-11(9)15(13)18-17-12-7-10(19(22)23)8-14(16(12)21)27(24,25)26;20-14-8-5-10-3-1-2-4-12(10)16(14)18-17-13-7-6-11(19(22)23)9-15(13)21;;;/h1-8,20-21H,(H,24,25,26);1-9,20-21H;;;/q;;;2*+1. The van der Waals surface area contributed by atoms with Crippen LogP contribution in [0.4, 0.5) is 34.1 Å². The normalized spacial score (nSPS) is 10.9. The number of hydrogen-bond donors (Lipinski definition) is 5. The third-order valence-corrected chi connectivity index (χ3v) is 7.84. The Hall–Kier alpha value is -4.52. The van der Waals surface area contributed by atoms with E-state index in [1.54, 1.807) is 42.5 Å². The first kappa shape index (κ1) is 44.6. The summed E-state index contributed by atoms with van der Waals surface area (Å²) in [6, 6.07) is 25.3. The Morgan fingerprint density at radius 1 is 0.547 bits per heavy atom. The fourth-order valence-corrected chi connectivity index (χ4v) is 5.19. The van der Waals surface area contributed by atoms with Crippen molar-refractivity contribution in [2.75, 3.05) is 0 Å². The molecule has 21 heteroatoms. The molecule has 17 nitrogen and oxygen atoms in total. The SMILES string of the molecule is O=[N+]([O-])c1cc(N=Nc2c(O)ccc3ccccc23)c(O)c(S(=O)(=O)O)c1.O=[N+]([O-])c1ccc(N=Nc2c(O)ccc3ccccc23)c(O)c1.[Cr].[Na+].[Na+]. The second kappa shape index (κ2) is 19.0. The van der Waals surface area contributed by atoms with E-state index in [4.69, 9.17) is 4.55 Å². The maximum atomic E-state index is 11.3. The van der Waals surface area contributed by atoms with Gasteiger partial charge in [-0.2, -0.15) is 8.42 Å². The second-order valence-electron chi connectivity index (χ2n) is 10.2. The minimum Gasteiger partial charge on any atom is -0.506 e. The van der Waals surface area contributed by atoms with Crippen molar-refractivity contribution in [3.05, 3.63) is 123 Å². The van der Waals surface area contributed by atoms with Gasteiger partial charge < -0.3 is 20.4 Å². The topological polar surface area (TPSA) is 271 Å². The van der Waals surface area contributed by atoms with Crippen molar-refractivity contribution in [2.24, 2.45) is 20.5 Å². The molecule has 0 saturated carbocycles. The average Bonchev–Trinajstić information content (AvgIpc) is 3.08. The Labute approximate surface area is 354 Å². The monoisotopic (exact) mass is 796 g/mol. The predicted octanol–water partition coefficient (Wildman–Crippen LogP) is 2.40. The number of non-ortho nitro benzene ring substituents is 2. The van der Waals surface area contributed by atoms with E-state index in [0.29, 0.717) is 16.8 Å². The second-order valence-corrected chi connectivity index (χ2v) is 11.6. The van der Waals surface area contributed by atoms with Crippen molar-refractivity contribution in [3.63, 3.8) is 0 Å². The van der Waals surface area contributed by atoms with Crippen molar-refractivity contribution >= 4 is 65.8 Å². The molecule has 0 aliphatic heterocycles. The van der Waals surface area contributed by atoms with Gasteiger partial charge in [-0.05, 0) is 29.0 Å². The van der Waals surface area contributed by atoms with Gasteiger partial charge >= 0.3 is 59.1 Å². The Morgan fingerprint density at radius 2 is 1.02 bits per heavy atom. The zero-order valence-corrected chi connectivity index (χ0v) is 33.6. The minimum atomic E-state index is -4.94. The van der Waals surface area contributed by atoms with Crippen molar-refractivity contribution < 1.29 is 120 Å². The Kier molecular flexibility index (Phi) is 16.0. The minimum absolute atomic E-state index is 0. The number of phenols is 4. The van der Waals surface area contributed by atoms with Gasteiger partial charge in [0, 0.05) is 46.3 Å². The summed E-state index contributed by atoms with van der Waals surface area (Å²) in [6.07, 6.45) is 0. The number of nitro groups is 2. The first-order chi connectivity index (χ1) is 23.7. The third-order valence-electron chi connectivity index (χ3n) is 6.97.